The summed E-state index contributed by atoms with van der Waals surface area (Å²) < 4.78 is 0. The predicted octanol–water partition coefficient (Wildman–Crippen LogP) is 29.3. The average Bonchev–Trinajstić information content (AvgIpc) is 0.686. The first kappa shape index (κ1) is 70.8. The third kappa shape index (κ3) is 12.6. The van der Waals surface area contributed by atoms with E-state index in [-0.39, 0.29) is 17.3 Å². The standard InChI is InChI=1S/C34H16O2.C19H14O.C18H12.C16H12.C14H12.C14H10/c35-33-25-7-3-1-5-17(25)19-9-11-21-24-14-16-28-32-20(18-6-2-4-8-26(18)34(28)36)10-12-22(30(24)32)23-13-15-27(33)31(19)29(21)23;20-19(17-9-5-2-6-10-17)18-13-11-16(12-14-18)15-7-3-1-4-8-15;1-2-7-15-12-18-16(11-14(15)6-1)10-9-13-5-3-4-8-17(13)18;1-3-11-7-9-13-5-2-6-14-10-8-12(4-1)15(11)16(13)14;1-3-7-13-11(5-1)9-10-12-6-2-4-8-14(12)13;1-2-6-12-10-14-8-4-3-7-13(14)9-11(12)5-1/h1-16H;1-14H;1-12H;1-5,8-10H,6-7H2;1-5,7,9-10H,6,8H2;1-10H. The molecule has 0 N–H and O–H groups in total. The maximum atomic E-state index is 13.5. The van der Waals surface area contributed by atoms with E-state index in [1.807, 2.05) is 133 Å². The lowest BCUT2D eigenvalue weighted by molar-refractivity contribution is 0.103. The summed E-state index contributed by atoms with van der Waals surface area (Å²) in [6, 6.07) is 132. The van der Waals surface area contributed by atoms with Crippen molar-refractivity contribution < 1.29 is 14.4 Å². The van der Waals surface area contributed by atoms with E-state index in [0.717, 1.165) is 136 Å². The van der Waals surface area contributed by atoms with Gasteiger partial charge >= 0.3 is 0 Å². The van der Waals surface area contributed by atoms with Crippen LogP contribution in [0, 0.1) is 0 Å². The lowest BCUT2D eigenvalue weighted by Gasteiger charge is -2.25. The lowest BCUT2D eigenvalue weighted by Crippen LogP contribution is -2.11. The summed E-state index contributed by atoms with van der Waals surface area (Å²) in [7, 11) is 0. The van der Waals surface area contributed by atoms with Gasteiger partial charge in [-0.25, -0.2) is 0 Å². The van der Waals surface area contributed by atoms with E-state index < -0.39 is 0 Å². The largest absolute Gasteiger partial charge is 0.289 e. The first-order chi connectivity index (χ1) is 58.3. The van der Waals surface area contributed by atoms with E-state index in [0.29, 0.717) is 0 Å². The van der Waals surface area contributed by atoms with Gasteiger partial charge in [-0.3, -0.25) is 14.4 Å². The van der Waals surface area contributed by atoms with E-state index in [1.54, 1.807) is 0 Å². The van der Waals surface area contributed by atoms with Crippen molar-refractivity contribution in [1.82, 2.24) is 0 Å². The molecule has 3 nitrogen and oxygen atoms in total. The molecule has 0 aliphatic heterocycles. The first-order valence-electron chi connectivity index (χ1n) is 40.8. The lowest BCUT2D eigenvalue weighted by atomic mass is 9.77. The van der Waals surface area contributed by atoms with Gasteiger partial charge in [-0.1, -0.05) is 376 Å². The van der Waals surface area contributed by atoms with Gasteiger partial charge in [-0.05, 0) is 237 Å². The molecule has 0 fully saturated rings. The molecule has 5 aliphatic carbocycles. The Morgan fingerprint density at radius 3 is 1.22 bits per heavy atom. The summed E-state index contributed by atoms with van der Waals surface area (Å²) >= 11 is 0. The number of fused-ring (bicyclic) bond motifs is 15. The zero-order chi connectivity index (χ0) is 78.7. The summed E-state index contributed by atoms with van der Waals surface area (Å²) in [6.07, 6.45) is 15.8. The van der Waals surface area contributed by atoms with Crippen LogP contribution in [0.3, 0.4) is 0 Å². The van der Waals surface area contributed by atoms with Crippen molar-refractivity contribution in [2.75, 3.05) is 0 Å². The molecule has 0 amide bonds. The molecule has 0 bridgehead atoms. The topological polar surface area (TPSA) is 51.2 Å². The normalized spacial score (nSPS) is 12.8. The van der Waals surface area contributed by atoms with Crippen LogP contribution in [0.4, 0.5) is 0 Å². The first-order valence-corrected chi connectivity index (χ1v) is 40.8. The quantitative estimate of drug-likeness (QED) is 0.0767. The zero-order valence-corrected chi connectivity index (χ0v) is 64.8. The van der Waals surface area contributed by atoms with Crippen molar-refractivity contribution >= 4 is 141 Å². The zero-order valence-electron chi connectivity index (χ0n) is 64.8. The summed E-state index contributed by atoms with van der Waals surface area (Å²) in [4.78, 5) is 39.3. The fourth-order valence-electron chi connectivity index (χ4n) is 18.8. The van der Waals surface area contributed by atoms with Gasteiger partial charge in [0.25, 0.3) is 0 Å². The van der Waals surface area contributed by atoms with E-state index >= 15 is 0 Å². The maximum absolute atomic E-state index is 13.5. The molecule has 0 saturated carbocycles. The van der Waals surface area contributed by atoms with E-state index in [1.165, 1.54) is 109 Å². The number of hydrogen-bond acceptors (Lipinski definition) is 3. The van der Waals surface area contributed by atoms with Crippen LogP contribution in [0.2, 0.25) is 0 Å². The minimum absolute atomic E-state index is 0.0604. The molecule has 21 aromatic rings. The monoisotopic (exact) mass is 1500 g/mol. The number of hydrogen-bond donors (Lipinski definition) is 0. The van der Waals surface area contributed by atoms with Crippen molar-refractivity contribution in [1.29, 1.82) is 0 Å². The smallest absolute Gasteiger partial charge is 0.194 e. The summed E-state index contributed by atoms with van der Waals surface area (Å²) in [6.45, 7) is 0. The van der Waals surface area contributed by atoms with Crippen molar-refractivity contribution in [3.8, 4) is 33.4 Å². The molecule has 554 valence electrons. The Bertz CT molecular complexity index is 7480. The van der Waals surface area contributed by atoms with Gasteiger partial charge in [0.1, 0.15) is 0 Å². The second-order valence-corrected chi connectivity index (χ2v) is 31.2. The SMILES string of the molecule is C1=CC2=CCc3cccc4ccc(c2c34)C1.C1=CCc2c(ccc3ccccc23)C1.O=C(c1ccccc1)c1ccc(-c2ccccc2)cc1.O=C1c2ccccc2-c2ccc3c4ccc5c6c(ccc(c7ccc1c2c73)c64)-c1ccccc1C5=O.c1ccc2cc3c(ccc4ccccc43)cc2c1.c1ccc2cc3ccccc3cc2c1. The molecule has 0 aromatic heterocycles. The maximum Gasteiger partial charge on any atom is 0.194 e. The van der Waals surface area contributed by atoms with E-state index in [9.17, 15) is 14.4 Å². The van der Waals surface area contributed by atoms with E-state index in [4.69, 9.17) is 0 Å². The molecule has 0 saturated heterocycles. The van der Waals surface area contributed by atoms with Gasteiger partial charge in [-0.2, -0.15) is 0 Å². The van der Waals surface area contributed by atoms with Crippen LogP contribution in [0.15, 0.2) is 413 Å². The molecule has 0 atom stereocenters. The van der Waals surface area contributed by atoms with Crippen LogP contribution in [0.25, 0.3) is 157 Å². The van der Waals surface area contributed by atoms with Crippen LogP contribution < -0.4 is 0 Å². The molecule has 5 aliphatic rings. The van der Waals surface area contributed by atoms with Gasteiger partial charge in [0.05, 0.1) is 0 Å². The minimum Gasteiger partial charge on any atom is -0.289 e. The third-order valence-electron chi connectivity index (χ3n) is 24.5. The Balaban J connectivity index is 0.0000000919. The van der Waals surface area contributed by atoms with Crippen LogP contribution in [0.1, 0.15) is 75.6 Å². The second-order valence-electron chi connectivity index (χ2n) is 31.2. The van der Waals surface area contributed by atoms with Gasteiger partial charge < -0.3 is 0 Å². The van der Waals surface area contributed by atoms with Crippen molar-refractivity contribution in [3.63, 3.8) is 0 Å². The molecule has 26 rings (SSSR count). The molecule has 118 heavy (non-hydrogen) atoms. The van der Waals surface area contributed by atoms with Gasteiger partial charge in [-0.15, -0.1) is 0 Å². The van der Waals surface area contributed by atoms with Crippen LogP contribution in [-0.2, 0) is 25.7 Å². The molecule has 0 heterocycles. The van der Waals surface area contributed by atoms with Gasteiger partial charge in [0.2, 0.25) is 0 Å². The highest BCUT2D eigenvalue weighted by Gasteiger charge is 2.31. The highest BCUT2D eigenvalue weighted by molar-refractivity contribution is 6.41. The van der Waals surface area contributed by atoms with Crippen LogP contribution >= 0.6 is 0 Å². The highest BCUT2D eigenvalue weighted by atomic mass is 16.1. The molecular formula is C115H76O3. The second kappa shape index (κ2) is 30.1. The summed E-state index contributed by atoms with van der Waals surface area (Å²) in [5.74, 6) is 0.227. The number of ketones is 3. The number of carbonyl (C=O) groups is 3. The fraction of sp³-hybridized carbons (Fsp3) is 0.0348. The Morgan fingerprint density at radius 2 is 0.636 bits per heavy atom. The minimum atomic E-state index is 0.0604. The van der Waals surface area contributed by atoms with Crippen molar-refractivity contribution in [2.45, 2.75) is 25.7 Å². The average molecular weight is 1510 g/mol. The Morgan fingerprint density at radius 1 is 0.220 bits per heavy atom. The molecule has 3 heteroatoms. The third-order valence-corrected chi connectivity index (χ3v) is 24.5. The molecular weight excluding hydrogens is 1430 g/mol. The molecule has 0 radical (unpaired) electrons. The van der Waals surface area contributed by atoms with Gasteiger partial charge in [0.15, 0.2) is 17.3 Å². The summed E-state index contributed by atoms with van der Waals surface area (Å²) in [5.41, 5.74) is 19.9. The fourth-order valence-corrected chi connectivity index (χ4v) is 18.8. The van der Waals surface area contributed by atoms with Crippen molar-refractivity contribution in [3.05, 3.63) is 474 Å². The van der Waals surface area contributed by atoms with Crippen LogP contribution in [-0.4, -0.2) is 17.3 Å². The van der Waals surface area contributed by atoms with Gasteiger partial charge in [0, 0.05) is 44.2 Å². The number of benzene rings is 21. The summed E-state index contributed by atoms with van der Waals surface area (Å²) in [5, 5.41) is 27.6. The number of rotatable bonds is 3. The van der Waals surface area contributed by atoms with Crippen molar-refractivity contribution in [2.24, 2.45) is 0 Å². The number of carbonyl (C=O) groups excluding carboxylic acids is 3. The number of allylic oxidation sites excluding steroid dienone is 6. The van der Waals surface area contributed by atoms with E-state index in [2.05, 4.69) is 279 Å². The molecule has 21 aromatic carbocycles. The molecule has 0 unspecified atom stereocenters. The Hall–Kier alpha value is -15.0. The Kier molecular flexibility index (Phi) is 18.0. The highest BCUT2D eigenvalue weighted by Crippen LogP contribution is 2.51. The van der Waals surface area contributed by atoms with Crippen LogP contribution in [0.5, 0.6) is 0 Å². The Labute approximate surface area is 684 Å². The molecule has 0 spiro atoms. The predicted molar refractivity (Wildman–Crippen MR) is 497 cm³/mol.